The van der Waals surface area contributed by atoms with E-state index >= 15 is 0 Å². The molecule has 24 heavy (non-hydrogen) atoms. The van der Waals surface area contributed by atoms with Gasteiger partial charge in [0.25, 0.3) is 0 Å². The Kier molecular flexibility index (Phi) is 5.61. The molecule has 0 spiro atoms. The van der Waals surface area contributed by atoms with Gasteiger partial charge in [0.05, 0.1) is 11.4 Å². The SMILES string of the molecule is CN(C)c1ccccc1NC(=O)N1CCC[C@H]1CN1CCCCC1. The topological polar surface area (TPSA) is 38.8 Å². The van der Waals surface area contributed by atoms with Crippen molar-refractivity contribution in [1.82, 2.24) is 9.80 Å². The van der Waals surface area contributed by atoms with E-state index in [2.05, 4.69) is 10.2 Å². The molecule has 2 aliphatic rings. The van der Waals surface area contributed by atoms with Crippen molar-refractivity contribution in [2.75, 3.05) is 50.5 Å². The quantitative estimate of drug-likeness (QED) is 0.921. The molecule has 2 amide bonds. The first-order chi connectivity index (χ1) is 11.6. The van der Waals surface area contributed by atoms with Gasteiger partial charge in [0.1, 0.15) is 0 Å². The average Bonchev–Trinajstić information content (AvgIpc) is 3.04. The van der Waals surface area contributed by atoms with Gasteiger partial charge in [0.2, 0.25) is 0 Å². The van der Waals surface area contributed by atoms with Crippen molar-refractivity contribution in [3.8, 4) is 0 Å². The van der Waals surface area contributed by atoms with E-state index < -0.39 is 0 Å². The maximum atomic E-state index is 12.8. The van der Waals surface area contributed by atoms with Crippen LogP contribution in [0.4, 0.5) is 16.2 Å². The van der Waals surface area contributed by atoms with Crippen molar-refractivity contribution in [3.63, 3.8) is 0 Å². The maximum Gasteiger partial charge on any atom is 0.322 e. The first-order valence-electron chi connectivity index (χ1n) is 9.21. The molecule has 0 bridgehead atoms. The van der Waals surface area contributed by atoms with Crippen LogP contribution in [0.1, 0.15) is 32.1 Å². The summed E-state index contributed by atoms with van der Waals surface area (Å²) in [5, 5.41) is 3.13. The van der Waals surface area contributed by atoms with Gasteiger partial charge in [-0.15, -0.1) is 0 Å². The zero-order valence-corrected chi connectivity index (χ0v) is 15.0. The molecular weight excluding hydrogens is 300 g/mol. The second-order valence-electron chi connectivity index (χ2n) is 7.19. The van der Waals surface area contributed by atoms with E-state index in [0.717, 1.165) is 37.3 Å². The number of para-hydroxylation sites is 2. The van der Waals surface area contributed by atoms with Gasteiger partial charge in [-0.05, 0) is 50.9 Å². The Hall–Kier alpha value is -1.75. The molecule has 0 radical (unpaired) electrons. The number of urea groups is 1. The summed E-state index contributed by atoms with van der Waals surface area (Å²) in [6.07, 6.45) is 6.19. The molecule has 2 heterocycles. The van der Waals surface area contributed by atoms with Crippen LogP contribution >= 0.6 is 0 Å². The highest BCUT2D eigenvalue weighted by molar-refractivity contribution is 5.93. The van der Waals surface area contributed by atoms with Crippen LogP contribution in [0.3, 0.4) is 0 Å². The third kappa shape index (κ3) is 4.01. The smallest absolute Gasteiger partial charge is 0.322 e. The molecule has 5 nitrogen and oxygen atoms in total. The Morgan fingerprint density at radius 3 is 2.62 bits per heavy atom. The zero-order chi connectivity index (χ0) is 16.9. The summed E-state index contributed by atoms with van der Waals surface area (Å²) in [6, 6.07) is 8.38. The predicted octanol–water partition coefficient (Wildman–Crippen LogP) is 3.23. The molecular formula is C19H30N4O. The van der Waals surface area contributed by atoms with E-state index in [4.69, 9.17) is 0 Å². The molecule has 2 aliphatic heterocycles. The van der Waals surface area contributed by atoms with E-state index in [-0.39, 0.29) is 6.03 Å². The van der Waals surface area contributed by atoms with E-state index in [1.165, 1.54) is 32.4 Å². The lowest BCUT2D eigenvalue weighted by molar-refractivity contribution is 0.161. The van der Waals surface area contributed by atoms with E-state index in [1.54, 1.807) is 0 Å². The van der Waals surface area contributed by atoms with Gasteiger partial charge in [-0.3, -0.25) is 0 Å². The Labute approximate surface area is 145 Å². The van der Waals surface area contributed by atoms with Crippen molar-refractivity contribution in [3.05, 3.63) is 24.3 Å². The highest BCUT2D eigenvalue weighted by Gasteiger charge is 2.30. The first-order valence-corrected chi connectivity index (χ1v) is 9.21. The van der Waals surface area contributed by atoms with Crippen molar-refractivity contribution >= 4 is 17.4 Å². The van der Waals surface area contributed by atoms with E-state index in [1.807, 2.05) is 48.2 Å². The third-order valence-corrected chi connectivity index (χ3v) is 5.18. The summed E-state index contributed by atoms with van der Waals surface area (Å²) in [4.78, 5) is 19.4. The number of anilines is 2. The van der Waals surface area contributed by atoms with Crippen molar-refractivity contribution in [1.29, 1.82) is 0 Å². The number of rotatable bonds is 4. The maximum absolute atomic E-state index is 12.8. The lowest BCUT2D eigenvalue weighted by atomic mass is 10.1. The number of carbonyl (C=O) groups excluding carboxylic acids is 1. The minimum absolute atomic E-state index is 0.0452. The number of carbonyl (C=O) groups is 1. The van der Waals surface area contributed by atoms with Crippen LogP contribution < -0.4 is 10.2 Å². The number of benzene rings is 1. The number of nitrogens with zero attached hydrogens (tertiary/aromatic N) is 3. The van der Waals surface area contributed by atoms with Gasteiger partial charge in [-0.2, -0.15) is 0 Å². The fourth-order valence-corrected chi connectivity index (χ4v) is 3.89. The number of hydrogen-bond donors (Lipinski definition) is 1. The Morgan fingerprint density at radius 1 is 1.12 bits per heavy atom. The molecule has 0 saturated carbocycles. The Bertz CT molecular complexity index is 554. The van der Waals surface area contributed by atoms with E-state index in [0.29, 0.717) is 6.04 Å². The third-order valence-electron chi connectivity index (χ3n) is 5.18. The molecule has 132 valence electrons. The van der Waals surface area contributed by atoms with Crippen LogP contribution in [0.2, 0.25) is 0 Å². The highest BCUT2D eigenvalue weighted by atomic mass is 16.2. The molecule has 1 N–H and O–H groups in total. The first kappa shape index (κ1) is 17.1. The second-order valence-corrected chi connectivity index (χ2v) is 7.19. The molecule has 1 atom stereocenters. The highest BCUT2D eigenvalue weighted by Crippen LogP contribution is 2.26. The molecule has 0 aromatic heterocycles. The van der Waals surface area contributed by atoms with Gasteiger partial charge >= 0.3 is 6.03 Å². The number of piperidine rings is 1. The van der Waals surface area contributed by atoms with E-state index in [9.17, 15) is 4.79 Å². The fourth-order valence-electron chi connectivity index (χ4n) is 3.89. The van der Waals surface area contributed by atoms with Gasteiger partial charge in [-0.1, -0.05) is 18.6 Å². The normalized spacial score (nSPS) is 21.8. The monoisotopic (exact) mass is 330 g/mol. The van der Waals surface area contributed by atoms with Crippen molar-refractivity contribution < 1.29 is 4.79 Å². The lowest BCUT2D eigenvalue weighted by Crippen LogP contribution is -2.46. The number of likely N-dealkylation sites (tertiary alicyclic amines) is 2. The summed E-state index contributed by atoms with van der Waals surface area (Å²) in [5.41, 5.74) is 1.92. The van der Waals surface area contributed by atoms with Gasteiger partial charge < -0.3 is 20.0 Å². The number of amides is 2. The van der Waals surface area contributed by atoms with Crippen LogP contribution in [-0.4, -0.2) is 62.1 Å². The predicted molar refractivity (Wildman–Crippen MR) is 99.8 cm³/mol. The standard InChI is InChI=1S/C19H30N4O/c1-21(2)18-11-5-4-10-17(18)20-19(24)23-14-8-9-16(23)15-22-12-6-3-7-13-22/h4-5,10-11,16H,3,6-9,12-15H2,1-2H3,(H,20,24)/t16-/m0/s1. The summed E-state index contributed by atoms with van der Waals surface area (Å²) >= 11 is 0. The van der Waals surface area contributed by atoms with Crippen molar-refractivity contribution in [2.45, 2.75) is 38.1 Å². The number of nitrogens with one attached hydrogen (secondary N) is 1. The van der Waals surface area contributed by atoms with Crippen LogP contribution in [0, 0.1) is 0 Å². The van der Waals surface area contributed by atoms with Gasteiger partial charge in [0.15, 0.2) is 0 Å². The Morgan fingerprint density at radius 2 is 1.88 bits per heavy atom. The summed E-state index contributed by atoms with van der Waals surface area (Å²) < 4.78 is 0. The van der Waals surface area contributed by atoms with Crippen LogP contribution in [0.25, 0.3) is 0 Å². The minimum Gasteiger partial charge on any atom is -0.376 e. The summed E-state index contributed by atoms with van der Waals surface area (Å²) in [5.74, 6) is 0. The lowest BCUT2D eigenvalue weighted by Gasteiger charge is -2.33. The molecule has 0 unspecified atom stereocenters. The van der Waals surface area contributed by atoms with Crippen LogP contribution in [0.5, 0.6) is 0 Å². The molecule has 2 saturated heterocycles. The van der Waals surface area contributed by atoms with Gasteiger partial charge in [-0.25, -0.2) is 4.79 Å². The Balaban J connectivity index is 1.63. The van der Waals surface area contributed by atoms with Crippen molar-refractivity contribution in [2.24, 2.45) is 0 Å². The van der Waals surface area contributed by atoms with Gasteiger partial charge in [0, 0.05) is 33.2 Å². The largest absolute Gasteiger partial charge is 0.376 e. The molecule has 1 aromatic carbocycles. The second kappa shape index (κ2) is 7.88. The average molecular weight is 330 g/mol. The molecule has 0 aliphatic carbocycles. The zero-order valence-electron chi connectivity index (χ0n) is 15.0. The molecule has 3 rings (SSSR count). The summed E-state index contributed by atoms with van der Waals surface area (Å²) in [6.45, 7) is 4.28. The molecule has 1 aromatic rings. The van der Waals surface area contributed by atoms with Crippen LogP contribution in [-0.2, 0) is 0 Å². The molecule has 2 fully saturated rings. The number of hydrogen-bond acceptors (Lipinski definition) is 3. The fraction of sp³-hybridized carbons (Fsp3) is 0.632. The van der Waals surface area contributed by atoms with Crippen LogP contribution in [0.15, 0.2) is 24.3 Å². The molecule has 5 heteroatoms. The minimum atomic E-state index is 0.0452. The summed E-state index contributed by atoms with van der Waals surface area (Å²) in [7, 11) is 4.00.